The molecule has 1 nitrogen and oxygen atoms in total. The maximum Gasteiger partial charge on any atom is 0.0250 e. The van der Waals surface area contributed by atoms with Crippen molar-refractivity contribution in [3.8, 4) is 12.3 Å². The maximum absolute atomic E-state index is 10.0. The molecule has 0 N–H and O–H groups in total. The van der Waals surface area contributed by atoms with Crippen LogP contribution in [-0.2, 0) is 11.2 Å². The first kappa shape index (κ1) is 7.56. The number of carbonyl (C=O) groups excluding carboxylic acids is 1. The quantitative estimate of drug-likeness (QED) is 0.450. The van der Waals surface area contributed by atoms with E-state index in [1.165, 1.54) is 0 Å². The van der Waals surface area contributed by atoms with Gasteiger partial charge in [0.2, 0.25) is 0 Å². The molecule has 1 aromatic carbocycles. The van der Waals surface area contributed by atoms with Gasteiger partial charge in [0.05, 0.1) is 0 Å². The molecule has 0 amide bonds. The molecule has 0 saturated carbocycles. The normalized spacial score (nSPS) is 8.64. The summed E-state index contributed by atoms with van der Waals surface area (Å²) in [7, 11) is 0. The van der Waals surface area contributed by atoms with E-state index < -0.39 is 0 Å². The molecular formula is C10H7O-. The third-order valence-corrected chi connectivity index (χ3v) is 1.44. The molecule has 0 aliphatic heterocycles. The lowest BCUT2D eigenvalue weighted by Crippen LogP contribution is -1.89. The van der Waals surface area contributed by atoms with Crippen LogP contribution in [-0.4, -0.2) is 6.29 Å². The molecule has 0 spiro atoms. The second-order valence-corrected chi connectivity index (χ2v) is 2.12. The molecule has 0 bridgehead atoms. The van der Waals surface area contributed by atoms with Crippen molar-refractivity contribution >= 4 is 6.29 Å². The minimum Gasteiger partial charge on any atom is -0.541 e. The average Bonchev–Trinajstić information content (AvgIpc) is 2.06. The molecule has 0 aromatic heterocycles. The number of rotatable bonds is 2. The Hall–Kier alpha value is -1.55. The molecule has 0 unspecified atom stereocenters. The van der Waals surface area contributed by atoms with Crippen LogP contribution in [0, 0.1) is 12.3 Å². The number of hydrogen-bond acceptors (Lipinski definition) is 1. The van der Waals surface area contributed by atoms with Crippen LogP contribution < -0.4 is 0 Å². The molecule has 1 heteroatoms. The minimum atomic E-state index is 0.278. The van der Waals surface area contributed by atoms with Crippen molar-refractivity contribution in [2.24, 2.45) is 0 Å². The van der Waals surface area contributed by atoms with Gasteiger partial charge in [-0.15, -0.1) is 12.8 Å². The van der Waals surface area contributed by atoms with Crippen molar-refractivity contribution in [2.45, 2.75) is 6.42 Å². The van der Waals surface area contributed by atoms with Gasteiger partial charge >= 0.3 is 0 Å². The predicted octanol–water partition coefficient (Wildman–Crippen LogP) is 1.32. The fourth-order valence-electron chi connectivity index (χ4n) is 0.893. The predicted molar refractivity (Wildman–Crippen MR) is 43.8 cm³/mol. The van der Waals surface area contributed by atoms with Gasteiger partial charge in [-0.2, -0.15) is 0 Å². The summed E-state index contributed by atoms with van der Waals surface area (Å²) < 4.78 is 0. The Kier molecular flexibility index (Phi) is 2.46. The van der Waals surface area contributed by atoms with Gasteiger partial charge in [-0.05, 0) is 6.07 Å². The largest absolute Gasteiger partial charge is 0.541 e. The van der Waals surface area contributed by atoms with Gasteiger partial charge in [-0.25, -0.2) is 0 Å². The van der Waals surface area contributed by atoms with Gasteiger partial charge in [0.25, 0.3) is 0 Å². The highest BCUT2D eigenvalue weighted by atomic mass is 16.1. The summed E-state index contributed by atoms with van der Waals surface area (Å²) in [5, 5.41) is 0. The second-order valence-electron chi connectivity index (χ2n) is 2.12. The van der Waals surface area contributed by atoms with Gasteiger partial charge in [-0.1, -0.05) is 29.7 Å². The van der Waals surface area contributed by atoms with E-state index in [4.69, 9.17) is 6.42 Å². The van der Waals surface area contributed by atoms with Crippen LogP contribution in [0.4, 0.5) is 0 Å². The Morgan fingerprint density at radius 1 is 1.45 bits per heavy atom. The van der Waals surface area contributed by atoms with Crippen molar-refractivity contribution < 1.29 is 4.79 Å². The number of benzene rings is 1. The Morgan fingerprint density at radius 2 is 2.18 bits per heavy atom. The van der Waals surface area contributed by atoms with Crippen molar-refractivity contribution in [1.29, 1.82) is 0 Å². The van der Waals surface area contributed by atoms with E-state index in [2.05, 4.69) is 5.92 Å². The van der Waals surface area contributed by atoms with E-state index in [1.807, 2.05) is 30.6 Å². The lowest BCUT2D eigenvalue weighted by atomic mass is 10.1. The van der Waals surface area contributed by atoms with Crippen LogP contribution in [0.25, 0.3) is 0 Å². The molecule has 0 aliphatic rings. The molecular weight excluding hydrogens is 136 g/mol. The first-order valence-corrected chi connectivity index (χ1v) is 3.28. The topological polar surface area (TPSA) is 17.1 Å². The Labute approximate surface area is 66.1 Å². The van der Waals surface area contributed by atoms with E-state index in [-0.39, 0.29) is 6.42 Å². The summed E-state index contributed by atoms with van der Waals surface area (Å²) >= 11 is 0. The second kappa shape index (κ2) is 3.58. The van der Waals surface area contributed by atoms with Crippen LogP contribution in [0.15, 0.2) is 24.3 Å². The zero-order chi connectivity index (χ0) is 8.10. The molecule has 0 saturated heterocycles. The van der Waals surface area contributed by atoms with Crippen molar-refractivity contribution in [2.75, 3.05) is 0 Å². The summed E-state index contributed by atoms with van der Waals surface area (Å²) in [5.74, 6) is 2.50. The van der Waals surface area contributed by atoms with E-state index in [9.17, 15) is 4.79 Å². The van der Waals surface area contributed by atoms with Crippen molar-refractivity contribution in [3.05, 3.63) is 35.4 Å². The number of hydrogen-bond donors (Lipinski definition) is 0. The highest BCUT2D eigenvalue weighted by Gasteiger charge is 1.90. The van der Waals surface area contributed by atoms with Crippen LogP contribution >= 0.6 is 0 Å². The summed E-state index contributed by atoms with van der Waals surface area (Å²) in [6.45, 7) is 0. The lowest BCUT2D eigenvalue weighted by Gasteiger charge is -2.03. The maximum atomic E-state index is 10.0. The molecule has 0 fully saturated rings. The SMILES string of the molecule is C#Cc1ccccc1C[C-]=O. The molecule has 0 radical (unpaired) electrons. The van der Waals surface area contributed by atoms with E-state index in [1.54, 1.807) is 0 Å². The number of terminal acetylenes is 1. The van der Waals surface area contributed by atoms with Gasteiger partial charge in [0.15, 0.2) is 0 Å². The molecule has 0 atom stereocenters. The van der Waals surface area contributed by atoms with Crippen LogP contribution in [0.3, 0.4) is 0 Å². The summed E-state index contributed by atoms with van der Waals surface area (Å²) in [6, 6.07) is 7.35. The average molecular weight is 143 g/mol. The van der Waals surface area contributed by atoms with Crippen LogP contribution in [0.5, 0.6) is 0 Å². The first-order chi connectivity index (χ1) is 5.38. The van der Waals surface area contributed by atoms with Crippen molar-refractivity contribution in [3.63, 3.8) is 0 Å². The summed E-state index contributed by atoms with van der Waals surface area (Å²) in [6.07, 6.45) is 7.29. The molecule has 54 valence electrons. The Morgan fingerprint density at radius 3 is 2.82 bits per heavy atom. The first-order valence-electron chi connectivity index (χ1n) is 3.28. The standard InChI is InChI=1S/C10H7O/c1-2-9-5-3-4-6-10(9)7-8-11/h1,3-6H,7H2/q-1. The van der Waals surface area contributed by atoms with Gasteiger partial charge < -0.3 is 4.79 Å². The molecule has 0 heterocycles. The molecule has 0 aliphatic carbocycles. The molecule has 11 heavy (non-hydrogen) atoms. The fourth-order valence-corrected chi connectivity index (χ4v) is 0.893. The Bertz CT molecular complexity index is 294. The zero-order valence-electron chi connectivity index (χ0n) is 6.00. The third kappa shape index (κ3) is 1.68. The van der Waals surface area contributed by atoms with E-state index in [0.29, 0.717) is 0 Å². The van der Waals surface area contributed by atoms with E-state index >= 15 is 0 Å². The molecule has 1 rings (SSSR count). The van der Waals surface area contributed by atoms with Gasteiger partial charge in [0.1, 0.15) is 0 Å². The minimum absolute atomic E-state index is 0.278. The third-order valence-electron chi connectivity index (χ3n) is 1.44. The summed E-state index contributed by atoms with van der Waals surface area (Å²) in [5.41, 5.74) is 1.64. The molecule has 1 aromatic rings. The summed E-state index contributed by atoms with van der Waals surface area (Å²) in [4.78, 5) is 10.0. The van der Waals surface area contributed by atoms with Crippen molar-refractivity contribution in [1.82, 2.24) is 0 Å². The highest BCUT2D eigenvalue weighted by Crippen LogP contribution is 2.06. The van der Waals surface area contributed by atoms with Gasteiger partial charge in [-0.3, -0.25) is 6.29 Å². The van der Waals surface area contributed by atoms with E-state index in [0.717, 1.165) is 11.1 Å². The smallest absolute Gasteiger partial charge is 0.0250 e. The van der Waals surface area contributed by atoms with Gasteiger partial charge in [0, 0.05) is 5.56 Å². The highest BCUT2D eigenvalue weighted by molar-refractivity contribution is 5.58. The van der Waals surface area contributed by atoms with Crippen LogP contribution in [0.1, 0.15) is 11.1 Å². The Balaban J connectivity index is 3.04. The fraction of sp³-hybridized carbons (Fsp3) is 0.100. The zero-order valence-corrected chi connectivity index (χ0v) is 6.00. The monoisotopic (exact) mass is 143 g/mol. The lowest BCUT2D eigenvalue weighted by molar-refractivity contribution is 0.555. The van der Waals surface area contributed by atoms with Crippen LogP contribution in [0.2, 0.25) is 0 Å².